The molecule has 3 amide bonds. The third kappa shape index (κ3) is 4.09. The summed E-state index contributed by atoms with van der Waals surface area (Å²) in [6, 6.07) is -0.285. The molecule has 1 fully saturated rings. The Kier molecular flexibility index (Phi) is 3.98. The third-order valence-electron chi connectivity index (χ3n) is 1.86. The minimum Gasteiger partial charge on any atom is -0.336 e. The third-order valence-corrected chi connectivity index (χ3v) is 3.26. The van der Waals surface area contributed by atoms with Gasteiger partial charge in [0.1, 0.15) is 0 Å². The van der Waals surface area contributed by atoms with Crippen molar-refractivity contribution in [3.63, 3.8) is 0 Å². The van der Waals surface area contributed by atoms with Gasteiger partial charge in [-0.1, -0.05) is 0 Å². The SMILES string of the molecule is CC(C)(N)CSCC(=O)N1CCNC1=O. The van der Waals surface area contributed by atoms with Crippen LogP contribution in [0.2, 0.25) is 0 Å². The second-order valence-corrected chi connectivity index (χ2v) is 5.24. The Hall–Kier alpha value is -0.750. The molecule has 0 aromatic heterocycles. The van der Waals surface area contributed by atoms with Crippen LogP contribution < -0.4 is 11.1 Å². The van der Waals surface area contributed by atoms with Crippen molar-refractivity contribution in [1.29, 1.82) is 0 Å². The summed E-state index contributed by atoms with van der Waals surface area (Å²) < 4.78 is 0. The summed E-state index contributed by atoms with van der Waals surface area (Å²) in [7, 11) is 0. The molecule has 6 heteroatoms. The normalized spacial score (nSPS) is 16.7. The molecule has 0 radical (unpaired) electrons. The Morgan fingerprint density at radius 1 is 1.67 bits per heavy atom. The first-order valence-electron chi connectivity index (χ1n) is 4.85. The Bertz CT molecular complexity index is 263. The van der Waals surface area contributed by atoms with Crippen molar-refractivity contribution in [2.75, 3.05) is 24.6 Å². The van der Waals surface area contributed by atoms with Crippen molar-refractivity contribution in [2.24, 2.45) is 5.73 Å². The fourth-order valence-electron chi connectivity index (χ4n) is 1.19. The lowest BCUT2D eigenvalue weighted by atomic mass is 10.1. The number of carbonyl (C=O) groups is 2. The molecular formula is C9H17N3O2S. The molecule has 86 valence electrons. The summed E-state index contributed by atoms with van der Waals surface area (Å²) in [6.45, 7) is 4.85. The number of rotatable bonds is 4. The lowest BCUT2D eigenvalue weighted by molar-refractivity contribution is -0.124. The van der Waals surface area contributed by atoms with Crippen LogP contribution in [0.25, 0.3) is 0 Å². The van der Waals surface area contributed by atoms with E-state index in [-0.39, 0.29) is 17.5 Å². The molecule has 1 heterocycles. The first-order chi connectivity index (χ1) is 6.90. The van der Waals surface area contributed by atoms with E-state index >= 15 is 0 Å². The molecule has 5 nitrogen and oxygen atoms in total. The molecule has 1 rings (SSSR count). The predicted octanol–water partition coefficient (Wildman–Crippen LogP) is 0.00870. The Labute approximate surface area is 93.7 Å². The molecule has 0 saturated carbocycles. The predicted molar refractivity (Wildman–Crippen MR) is 60.7 cm³/mol. The molecule has 0 spiro atoms. The molecular weight excluding hydrogens is 214 g/mol. The minimum atomic E-state index is -0.285. The van der Waals surface area contributed by atoms with Crippen LogP contribution in [0.1, 0.15) is 13.8 Å². The van der Waals surface area contributed by atoms with Gasteiger partial charge in [-0.05, 0) is 13.8 Å². The number of hydrogen-bond donors (Lipinski definition) is 2. The van der Waals surface area contributed by atoms with Gasteiger partial charge in [0.05, 0.1) is 5.75 Å². The Morgan fingerprint density at radius 3 is 2.80 bits per heavy atom. The second-order valence-electron chi connectivity index (χ2n) is 4.26. The van der Waals surface area contributed by atoms with E-state index in [2.05, 4.69) is 5.32 Å². The number of nitrogens with one attached hydrogen (secondary N) is 1. The van der Waals surface area contributed by atoms with Gasteiger partial charge in [-0.15, -0.1) is 0 Å². The van der Waals surface area contributed by atoms with Gasteiger partial charge in [-0.3, -0.25) is 9.69 Å². The van der Waals surface area contributed by atoms with Gasteiger partial charge in [-0.2, -0.15) is 11.8 Å². The van der Waals surface area contributed by atoms with Gasteiger partial charge < -0.3 is 11.1 Å². The topological polar surface area (TPSA) is 75.4 Å². The molecule has 0 aromatic carbocycles. The summed E-state index contributed by atoms with van der Waals surface area (Å²) in [5, 5.41) is 2.59. The van der Waals surface area contributed by atoms with Crippen molar-refractivity contribution in [3.05, 3.63) is 0 Å². The Morgan fingerprint density at radius 2 is 2.33 bits per heavy atom. The number of carbonyl (C=O) groups excluding carboxylic acids is 2. The van der Waals surface area contributed by atoms with Crippen LogP contribution in [0.3, 0.4) is 0 Å². The maximum atomic E-state index is 11.5. The van der Waals surface area contributed by atoms with E-state index in [0.29, 0.717) is 24.6 Å². The van der Waals surface area contributed by atoms with E-state index in [1.165, 1.54) is 16.7 Å². The van der Waals surface area contributed by atoms with Gasteiger partial charge in [0.2, 0.25) is 5.91 Å². The van der Waals surface area contributed by atoms with Crippen LogP contribution in [-0.4, -0.2) is 47.0 Å². The van der Waals surface area contributed by atoms with Crippen LogP contribution in [-0.2, 0) is 4.79 Å². The molecule has 0 bridgehead atoms. The highest BCUT2D eigenvalue weighted by Crippen LogP contribution is 2.11. The zero-order chi connectivity index (χ0) is 11.5. The second kappa shape index (κ2) is 4.85. The molecule has 0 aromatic rings. The molecule has 0 atom stereocenters. The fourth-order valence-corrected chi connectivity index (χ4v) is 2.15. The van der Waals surface area contributed by atoms with Gasteiger partial charge in [-0.25, -0.2) is 4.79 Å². The number of nitrogens with two attached hydrogens (primary N) is 1. The molecule has 1 saturated heterocycles. The molecule has 0 unspecified atom stereocenters. The zero-order valence-corrected chi connectivity index (χ0v) is 9.89. The largest absolute Gasteiger partial charge is 0.336 e. The summed E-state index contributed by atoms with van der Waals surface area (Å²) in [4.78, 5) is 23.9. The quantitative estimate of drug-likeness (QED) is 0.714. The van der Waals surface area contributed by atoms with Crippen LogP contribution in [0, 0.1) is 0 Å². The van der Waals surface area contributed by atoms with Crippen molar-refractivity contribution in [3.8, 4) is 0 Å². The van der Waals surface area contributed by atoms with Crippen LogP contribution in [0.4, 0.5) is 4.79 Å². The zero-order valence-electron chi connectivity index (χ0n) is 9.08. The van der Waals surface area contributed by atoms with Gasteiger partial charge in [0, 0.05) is 24.4 Å². The molecule has 0 aliphatic carbocycles. The maximum absolute atomic E-state index is 11.5. The van der Waals surface area contributed by atoms with Gasteiger partial charge in [0.15, 0.2) is 0 Å². The number of imide groups is 1. The van der Waals surface area contributed by atoms with Crippen molar-refractivity contribution < 1.29 is 9.59 Å². The number of thioether (sulfide) groups is 1. The summed E-state index contributed by atoms with van der Waals surface area (Å²) in [5.41, 5.74) is 5.50. The monoisotopic (exact) mass is 231 g/mol. The highest BCUT2D eigenvalue weighted by molar-refractivity contribution is 8.00. The summed E-state index contributed by atoms with van der Waals surface area (Å²) in [6.07, 6.45) is 0. The van der Waals surface area contributed by atoms with Crippen LogP contribution >= 0.6 is 11.8 Å². The molecule has 15 heavy (non-hydrogen) atoms. The first kappa shape index (κ1) is 12.3. The van der Waals surface area contributed by atoms with E-state index in [1.54, 1.807) is 0 Å². The highest BCUT2D eigenvalue weighted by Gasteiger charge is 2.25. The van der Waals surface area contributed by atoms with Crippen molar-refractivity contribution in [1.82, 2.24) is 10.2 Å². The van der Waals surface area contributed by atoms with Crippen molar-refractivity contribution >= 4 is 23.7 Å². The van der Waals surface area contributed by atoms with E-state index in [1.807, 2.05) is 13.8 Å². The van der Waals surface area contributed by atoms with Gasteiger partial charge >= 0.3 is 6.03 Å². The highest BCUT2D eigenvalue weighted by atomic mass is 32.2. The minimum absolute atomic E-state index is 0.140. The van der Waals surface area contributed by atoms with Crippen LogP contribution in [0.15, 0.2) is 0 Å². The summed E-state index contributed by atoms with van der Waals surface area (Å²) >= 11 is 1.46. The van der Waals surface area contributed by atoms with E-state index in [4.69, 9.17) is 5.73 Å². The van der Waals surface area contributed by atoms with Crippen molar-refractivity contribution in [2.45, 2.75) is 19.4 Å². The fraction of sp³-hybridized carbons (Fsp3) is 0.778. The number of nitrogens with zero attached hydrogens (tertiary/aromatic N) is 1. The van der Waals surface area contributed by atoms with E-state index in [9.17, 15) is 9.59 Å². The lowest BCUT2D eigenvalue weighted by Gasteiger charge is -2.18. The lowest BCUT2D eigenvalue weighted by Crippen LogP contribution is -2.38. The average Bonchev–Trinajstić information content (AvgIpc) is 2.48. The molecule has 1 aliphatic rings. The van der Waals surface area contributed by atoms with Crippen LogP contribution in [0.5, 0.6) is 0 Å². The number of hydrogen-bond acceptors (Lipinski definition) is 4. The van der Waals surface area contributed by atoms with E-state index < -0.39 is 0 Å². The standard InChI is InChI=1S/C9H17N3O2S/c1-9(2,10)6-15-5-7(13)12-4-3-11-8(12)14/h3-6,10H2,1-2H3,(H,11,14). The van der Waals surface area contributed by atoms with E-state index in [0.717, 1.165) is 0 Å². The first-order valence-corrected chi connectivity index (χ1v) is 6.00. The maximum Gasteiger partial charge on any atom is 0.324 e. The Balaban J connectivity index is 2.27. The number of amides is 3. The smallest absolute Gasteiger partial charge is 0.324 e. The summed E-state index contributed by atoms with van der Waals surface area (Å²) in [5.74, 6) is 0.877. The van der Waals surface area contributed by atoms with Gasteiger partial charge in [0.25, 0.3) is 0 Å². The molecule has 3 N–H and O–H groups in total. The average molecular weight is 231 g/mol. The molecule has 1 aliphatic heterocycles. The number of urea groups is 1.